The van der Waals surface area contributed by atoms with E-state index in [9.17, 15) is 14.9 Å². The van der Waals surface area contributed by atoms with Gasteiger partial charge in [0, 0.05) is 6.54 Å². The molecule has 1 aliphatic rings. The molecule has 0 unspecified atom stereocenters. The smallest absolute Gasteiger partial charge is 0.255 e. The van der Waals surface area contributed by atoms with Crippen LogP contribution in [0.15, 0.2) is 24.3 Å². The lowest BCUT2D eigenvalue weighted by atomic mass is 10.0. The van der Waals surface area contributed by atoms with Crippen molar-refractivity contribution >= 4 is 34.4 Å². The molecule has 128 valence electrons. The minimum atomic E-state index is -1.13. The van der Waals surface area contributed by atoms with Crippen molar-refractivity contribution in [3.63, 3.8) is 0 Å². The number of likely N-dealkylation sites (tertiary alicyclic amines) is 1. The van der Waals surface area contributed by atoms with Gasteiger partial charge in [-0.1, -0.05) is 12.1 Å². The highest BCUT2D eigenvalue weighted by Crippen LogP contribution is 2.36. The number of ether oxygens (including phenoxy) is 1. The summed E-state index contributed by atoms with van der Waals surface area (Å²) in [6.07, 6.45) is 1.41. The van der Waals surface area contributed by atoms with Crippen molar-refractivity contribution < 1.29 is 14.3 Å². The largest absolute Gasteiger partial charge is 0.496 e. The first-order valence-electron chi connectivity index (χ1n) is 7.63. The van der Waals surface area contributed by atoms with Crippen molar-refractivity contribution in [2.45, 2.75) is 35.8 Å². The molecule has 0 aromatic heterocycles. The van der Waals surface area contributed by atoms with Crippen molar-refractivity contribution in [3.05, 3.63) is 29.8 Å². The number of para-hydroxylation sites is 1. The average Bonchev–Trinajstić information content (AvgIpc) is 2.95. The number of alkyl halides is 1. The number of nitrogens with zero attached hydrogens (tertiary/aromatic N) is 2. The molecule has 1 aromatic carbocycles. The first kappa shape index (κ1) is 18.5. The summed E-state index contributed by atoms with van der Waals surface area (Å²) in [5, 5.41) is 12.1. The SMILES string of the molecule is COc1ccccc1C(=O)NC(C)(C)C(=O)N1CCC[C@]1(I)C#N. The summed E-state index contributed by atoms with van der Waals surface area (Å²) in [6.45, 7) is 3.81. The highest BCUT2D eigenvalue weighted by Gasteiger charge is 2.46. The Morgan fingerprint density at radius 2 is 2.08 bits per heavy atom. The summed E-state index contributed by atoms with van der Waals surface area (Å²) in [7, 11) is 1.49. The van der Waals surface area contributed by atoms with Gasteiger partial charge in [0.2, 0.25) is 5.91 Å². The molecule has 1 atom stereocenters. The Hall–Kier alpha value is -1.82. The first-order chi connectivity index (χ1) is 11.2. The van der Waals surface area contributed by atoms with Crippen LogP contribution in [0.3, 0.4) is 0 Å². The minimum absolute atomic E-state index is 0.265. The van der Waals surface area contributed by atoms with E-state index in [0.29, 0.717) is 24.3 Å². The van der Waals surface area contributed by atoms with Crippen LogP contribution in [-0.2, 0) is 4.79 Å². The third kappa shape index (κ3) is 3.48. The van der Waals surface area contributed by atoms with Gasteiger partial charge in [0.15, 0.2) is 3.55 Å². The van der Waals surface area contributed by atoms with E-state index >= 15 is 0 Å². The lowest BCUT2D eigenvalue weighted by molar-refractivity contribution is -0.137. The second kappa shape index (κ2) is 6.97. The molecule has 1 aromatic rings. The predicted molar refractivity (Wildman–Crippen MR) is 97.9 cm³/mol. The van der Waals surface area contributed by atoms with Crippen LogP contribution < -0.4 is 10.1 Å². The Morgan fingerprint density at radius 1 is 1.42 bits per heavy atom. The Balaban J connectivity index is 2.20. The van der Waals surface area contributed by atoms with Crippen molar-refractivity contribution in [2.24, 2.45) is 0 Å². The molecule has 1 heterocycles. The number of amides is 2. The van der Waals surface area contributed by atoms with Crippen LogP contribution in [0.25, 0.3) is 0 Å². The summed E-state index contributed by atoms with van der Waals surface area (Å²) in [5.74, 6) is -0.208. The second-order valence-corrected chi connectivity index (χ2v) is 8.00. The molecule has 0 radical (unpaired) electrons. The van der Waals surface area contributed by atoms with Gasteiger partial charge in [-0.25, -0.2) is 0 Å². The van der Waals surface area contributed by atoms with Gasteiger partial charge in [-0.2, -0.15) is 5.26 Å². The third-order valence-electron chi connectivity index (χ3n) is 4.05. The van der Waals surface area contributed by atoms with Gasteiger partial charge in [0.05, 0.1) is 12.7 Å². The highest BCUT2D eigenvalue weighted by molar-refractivity contribution is 14.1. The molecule has 1 fully saturated rings. The van der Waals surface area contributed by atoms with Crippen molar-refractivity contribution in [3.8, 4) is 11.8 Å². The number of hydrogen-bond acceptors (Lipinski definition) is 4. The molecule has 7 heteroatoms. The monoisotopic (exact) mass is 441 g/mol. The predicted octanol–water partition coefficient (Wildman–Crippen LogP) is 2.48. The molecular weight excluding hydrogens is 421 g/mol. The van der Waals surface area contributed by atoms with Gasteiger partial charge < -0.3 is 15.0 Å². The zero-order chi connectivity index (χ0) is 18.0. The molecule has 1 aliphatic heterocycles. The van der Waals surface area contributed by atoms with E-state index in [1.54, 1.807) is 43.0 Å². The van der Waals surface area contributed by atoms with Gasteiger partial charge in [-0.05, 0) is 61.4 Å². The molecule has 0 spiro atoms. The summed E-state index contributed by atoms with van der Waals surface area (Å²) in [4.78, 5) is 27.0. The molecule has 0 bridgehead atoms. The third-order valence-corrected chi connectivity index (χ3v) is 5.41. The van der Waals surface area contributed by atoms with Crippen LogP contribution in [-0.4, -0.2) is 39.5 Å². The Morgan fingerprint density at radius 3 is 2.71 bits per heavy atom. The molecule has 6 nitrogen and oxygen atoms in total. The van der Waals surface area contributed by atoms with E-state index in [-0.39, 0.29) is 11.8 Å². The molecule has 0 aliphatic carbocycles. The van der Waals surface area contributed by atoms with Gasteiger partial charge in [0.25, 0.3) is 5.91 Å². The number of carbonyl (C=O) groups is 2. The number of benzene rings is 1. The maximum Gasteiger partial charge on any atom is 0.255 e. The Labute approximate surface area is 155 Å². The van der Waals surface area contributed by atoms with Crippen LogP contribution in [0, 0.1) is 11.3 Å². The van der Waals surface area contributed by atoms with Gasteiger partial charge >= 0.3 is 0 Å². The number of rotatable bonds is 4. The first-order valence-corrected chi connectivity index (χ1v) is 8.71. The van der Waals surface area contributed by atoms with E-state index in [4.69, 9.17) is 4.74 Å². The quantitative estimate of drug-likeness (QED) is 0.442. The number of carbonyl (C=O) groups excluding carboxylic acids is 2. The molecular formula is C17H20IN3O3. The van der Waals surface area contributed by atoms with Crippen molar-refractivity contribution in [1.29, 1.82) is 5.26 Å². The minimum Gasteiger partial charge on any atom is -0.496 e. The van der Waals surface area contributed by atoms with E-state index < -0.39 is 9.08 Å². The van der Waals surface area contributed by atoms with E-state index in [1.807, 2.05) is 22.6 Å². The maximum atomic E-state index is 12.9. The maximum absolute atomic E-state index is 12.9. The van der Waals surface area contributed by atoms with Crippen LogP contribution in [0.5, 0.6) is 5.75 Å². The number of halogens is 1. The van der Waals surface area contributed by atoms with Crippen LogP contribution in [0.4, 0.5) is 0 Å². The topological polar surface area (TPSA) is 82.4 Å². The van der Waals surface area contributed by atoms with Crippen LogP contribution in [0.1, 0.15) is 37.0 Å². The molecule has 2 amide bonds. The van der Waals surface area contributed by atoms with Crippen LogP contribution >= 0.6 is 22.6 Å². The summed E-state index contributed by atoms with van der Waals surface area (Å²) < 4.78 is 4.35. The van der Waals surface area contributed by atoms with Gasteiger partial charge in [0.1, 0.15) is 17.4 Å². The molecule has 1 saturated heterocycles. The lowest BCUT2D eigenvalue weighted by Gasteiger charge is -2.35. The van der Waals surface area contributed by atoms with Crippen molar-refractivity contribution in [1.82, 2.24) is 10.2 Å². The van der Waals surface area contributed by atoms with E-state index in [0.717, 1.165) is 6.42 Å². The molecule has 1 N–H and O–H groups in total. The summed E-state index contributed by atoms with van der Waals surface area (Å²) in [5.41, 5.74) is -0.765. The second-order valence-electron chi connectivity index (χ2n) is 6.21. The van der Waals surface area contributed by atoms with Gasteiger partial charge in [-0.3, -0.25) is 9.59 Å². The van der Waals surface area contributed by atoms with E-state index in [2.05, 4.69) is 11.4 Å². The fraction of sp³-hybridized carbons (Fsp3) is 0.471. The number of nitriles is 1. The fourth-order valence-corrected chi connectivity index (χ4v) is 3.58. The lowest BCUT2D eigenvalue weighted by Crippen LogP contribution is -2.58. The van der Waals surface area contributed by atoms with E-state index in [1.165, 1.54) is 7.11 Å². The Bertz CT molecular complexity index is 699. The standard InChI is InChI=1S/C17H20IN3O3/c1-16(2,15(23)21-10-6-9-17(21,18)11-19)20-14(22)12-7-4-5-8-13(12)24-3/h4-5,7-8H,6,9-10H2,1-3H3,(H,20,22)/t17-/m1/s1. The molecule has 24 heavy (non-hydrogen) atoms. The number of nitrogens with one attached hydrogen (secondary N) is 1. The average molecular weight is 441 g/mol. The van der Waals surface area contributed by atoms with Gasteiger partial charge in [-0.15, -0.1) is 0 Å². The number of hydrogen-bond donors (Lipinski definition) is 1. The zero-order valence-corrected chi connectivity index (χ0v) is 16.1. The Kier molecular flexibility index (Phi) is 5.38. The van der Waals surface area contributed by atoms with Crippen molar-refractivity contribution in [2.75, 3.05) is 13.7 Å². The zero-order valence-electron chi connectivity index (χ0n) is 13.9. The van der Waals surface area contributed by atoms with Crippen LogP contribution in [0.2, 0.25) is 0 Å². The normalized spacial score (nSPS) is 20.4. The molecule has 2 rings (SSSR count). The summed E-state index contributed by atoms with van der Waals surface area (Å²) >= 11 is 2.01. The summed E-state index contributed by atoms with van der Waals surface area (Å²) in [6, 6.07) is 9.04. The molecule has 0 saturated carbocycles. The highest BCUT2D eigenvalue weighted by atomic mass is 127. The fourth-order valence-electron chi connectivity index (χ4n) is 2.74. The number of methoxy groups -OCH3 is 1.